The quantitative estimate of drug-likeness (QED) is 0.588. The summed E-state index contributed by atoms with van der Waals surface area (Å²) in [6.45, 7) is 4.42. The molecule has 0 bridgehead atoms. The Morgan fingerprint density at radius 1 is 1.56 bits per heavy atom. The van der Waals surface area contributed by atoms with E-state index in [0.717, 1.165) is 0 Å². The molecular weight excluding hydrogens is 210 g/mol. The Morgan fingerprint density at radius 3 is 2.75 bits per heavy atom. The van der Waals surface area contributed by atoms with Gasteiger partial charge < -0.3 is 15.2 Å². The van der Waals surface area contributed by atoms with Crippen LogP contribution < -0.4 is 5.73 Å². The number of rotatable bonds is 5. The maximum absolute atomic E-state index is 11.6. The molecule has 1 aromatic heterocycles. The van der Waals surface area contributed by atoms with E-state index >= 15 is 0 Å². The number of esters is 1. The zero-order valence-corrected chi connectivity index (χ0v) is 9.77. The number of ether oxygens (including phenoxy) is 2. The first-order chi connectivity index (χ1) is 7.52. The predicted octanol–water partition coefficient (Wildman–Crippen LogP) is 0.584. The number of aryl methyl sites for hydroxylation is 1. The second-order valence-corrected chi connectivity index (χ2v) is 3.63. The van der Waals surface area contributed by atoms with Crippen LogP contribution in [0.15, 0.2) is 6.20 Å². The van der Waals surface area contributed by atoms with Gasteiger partial charge in [0, 0.05) is 7.05 Å². The van der Waals surface area contributed by atoms with Crippen molar-refractivity contribution in [2.24, 2.45) is 7.05 Å². The van der Waals surface area contributed by atoms with Crippen molar-refractivity contribution < 1.29 is 14.3 Å². The number of nitrogens with two attached hydrogens (primary N) is 1. The molecule has 0 aliphatic carbocycles. The molecule has 1 aromatic rings. The molecule has 0 aromatic carbocycles. The molecule has 0 fully saturated rings. The Bertz CT molecular complexity index is 341. The number of hydrogen-bond acceptors (Lipinski definition) is 5. The van der Waals surface area contributed by atoms with E-state index in [1.165, 1.54) is 10.9 Å². The smallest absolute Gasteiger partial charge is 0.358 e. The van der Waals surface area contributed by atoms with E-state index in [9.17, 15) is 4.79 Å². The minimum Gasteiger partial charge on any atom is -0.458 e. The molecule has 0 saturated heterocycles. The summed E-state index contributed by atoms with van der Waals surface area (Å²) < 4.78 is 11.6. The maximum atomic E-state index is 11.6. The lowest BCUT2D eigenvalue weighted by atomic mass is 10.4. The first-order valence-electron chi connectivity index (χ1n) is 5.08. The molecule has 0 spiro atoms. The average molecular weight is 227 g/mol. The molecule has 0 amide bonds. The summed E-state index contributed by atoms with van der Waals surface area (Å²) in [4.78, 5) is 11.6. The van der Waals surface area contributed by atoms with Gasteiger partial charge in [0.25, 0.3) is 0 Å². The van der Waals surface area contributed by atoms with Crippen LogP contribution >= 0.6 is 0 Å². The molecule has 16 heavy (non-hydrogen) atoms. The van der Waals surface area contributed by atoms with Gasteiger partial charge in [-0.1, -0.05) is 0 Å². The molecule has 0 unspecified atom stereocenters. The van der Waals surface area contributed by atoms with Gasteiger partial charge in [-0.05, 0) is 13.8 Å². The van der Waals surface area contributed by atoms with Crippen LogP contribution in [-0.4, -0.2) is 35.1 Å². The molecule has 0 aliphatic heterocycles. The third-order valence-electron chi connectivity index (χ3n) is 1.93. The first-order valence-corrected chi connectivity index (χ1v) is 5.08. The third-order valence-corrected chi connectivity index (χ3v) is 1.93. The summed E-state index contributed by atoms with van der Waals surface area (Å²) in [5.41, 5.74) is 6.16. The average Bonchev–Trinajstić information content (AvgIpc) is 2.53. The zero-order chi connectivity index (χ0) is 12.1. The number of nitrogen functional groups attached to an aromatic ring is 1. The van der Waals surface area contributed by atoms with Gasteiger partial charge in [-0.3, -0.25) is 4.68 Å². The highest BCUT2D eigenvalue weighted by molar-refractivity contribution is 5.92. The molecule has 6 heteroatoms. The van der Waals surface area contributed by atoms with E-state index in [2.05, 4.69) is 5.10 Å². The molecule has 0 atom stereocenters. The van der Waals surface area contributed by atoms with Crippen molar-refractivity contribution in [3.05, 3.63) is 11.9 Å². The van der Waals surface area contributed by atoms with Crippen molar-refractivity contribution >= 4 is 11.7 Å². The number of nitrogens with zero attached hydrogens (tertiary/aromatic N) is 2. The fraction of sp³-hybridized carbons (Fsp3) is 0.600. The molecule has 1 rings (SSSR count). The van der Waals surface area contributed by atoms with Crippen LogP contribution in [0.1, 0.15) is 24.3 Å². The van der Waals surface area contributed by atoms with Crippen molar-refractivity contribution in [2.75, 3.05) is 18.9 Å². The minimum atomic E-state index is -0.482. The maximum Gasteiger partial charge on any atom is 0.358 e. The lowest BCUT2D eigenvalue weighted by Gasteiger charge is -2.08. The lowest BCUT2D eigenvalue weighted by Crippen LogP contribution is -2.16. The predicted molar refractivity (Wildman–Crippen MR) is 59.0 cm³/mol. The minimum absolute atomic E-state index is 0.125. The van der Waals surface area contributed by atoms with Crippen LogP contribution in [0.3, 0.4) is 0 Å². The Balaban J connectivity index is 2.41. The van der Waals surface area contributed by atoms with Gasteiger partial charge in [-0.2, -0.15) is 5.10 Å². The van der Waals surface area contributed by atoms with E-state index in [0.29, 0.717) is 12.3 Å². The van der Waals surface area contributed by atoms with Gasteiger partial charge in [-0.15, -0.1) is 0 Å². The van der Waals surface area contributed by atoms with Crippen molar-refractivity contribution in [1.82, 2.24) is 9.78 Å². The van der Waals surface area contributed by atoms with Crippen molar-refractivity contribution in [2.45, 2.75) is 20.0 Å². The molecule has 6 nitrogen and oxygen atoms in total. The Morgan fingerprint density at radius 2 is 2.25 bits per heavy atom. The fourth-order valence-electron chi connectivity index (χ4n) is 1.19. The zero-order valence-electron chi connectivity index (χ0n) is 9.77. The summed E-state index contributed by atoms with van der Waals surface area (Å²) in [7, 11) is 1.64. The van der Waals surface area contributed by atoms with E-state index in [4.69, 9.17) is 15.2 Å². The van der Waals surface area contributed by atoms with Gasteiger partial charge in [0.1, 0.15) is 6.61 Å². The van der Waals surface area contributed by atoms with Crippen LogP contribution in [-0.2, 0) is 16.5 Å². The van der Waals surface area contributed by atoms with E-state index in [-0.39, 0.29) is 18.4 Å². The fourth-order valence-corrected chi connectivity index (χ4v) is 1.19. The van der Waals surface area contributed by atoms with Crippen molar-refractivity contribution in [1.29, 1.82) is 0 Å². The SMILES string of the molecule is CC(C)OCCOC(=O)c1c(N)cnn1C. The van der Waals surface area contributed by atoms with Crippen LogP contribution in [0.25, 0.3) is 0 Å². The molecule has 0 radical (unpaired) electrons. The highest BCUT2D eigenvalue weighted by Crippen LogP contribution is 2.10. The van der Waals surface area contributed by atoms with Gasteiger partial charge in [-0.25, -0.2) is 4.79 Å². The second-order valence-electron chi connectivity index (χ2n) is 3.63. The Kier molecular flexibility index (Phi) is 4.30. The molecule has 90 valence electrons. The number of carbonyl (C=O) groups excluding carboxylic acids is 1. The second kappa shape index (κ2) is 5.50. The molecule has 0 aliphatic rings. The van der Waals surface area contributed by atoms with E-state index in [1.807, 2.05) is 13.8 Å². The van der Waals surface area contributed by atoms with Gasteiger partial charge in [0.15, 0.2) is 5.69 Å². The highest BCUT2D eigenvalue weighted by atomic mass is 16.6. The Hall–Kier alpha value is -1.56. The summed E-state index contributed by atoms with van der Waals surface area (Å²) in [5.74, 6) is -0.482. The normalized spacial score (nSPS) is 10.8. The molecule has 0 saturated carbocycles. The van der Waals surface area contributed by atoms with Crippen molar-refractivity contribution in [3.63, 3.8) is 0 Å². The van der Waals surface area contributed by atoms with Crippen LogP contribution in [0.2, 0.25) is 0 Å². The van der Waals surface area contributed by atoms with Crippen LogP contribution in [0.4, 0.5) is 5.69 Å². The number of aromatic nitrogens is 2. The molecule has 1 heterocycles. The third kappa shape index (κ3) is 3.23. The summed E-state index contributed by atoms with van der Waals surface area (Å²) in [5, 5.41) is 3.85. The van der Waals surface area contributed by atoms with Crippen LogP contribution in [0.5, 0.6) is 0 Å². The highest BCUT2D eigenvalue weighted by Gasteiger charge is 2.16. The summed E-state index contributed by atoms with van der Waals surface area (Å²) >= 11 is 0. The van der Waals surface area contributed by atoms with Crippen LogP contribution in [0, 0.1) is 0 Å². The molecule has 2 N–H and O–H groups in total. The standard InChI is InChI=1S/C10H17N3O3/c1-7(2)15-4-5-16-10(14)9-8(11)6-12-13(9)3/h6-7H,4-5,11H2,1-3H3. The van der Waals surface area contributed by atoms with E-state index < -0.39 is 5.97 Å². The van der Waals surface area contributed by atoms with Gasteiger partial charge in [0.2, 0.25) is 0 Å². The lowest BCUT2D eigenvalue weighted by molar-refractivity contribution is 0.0170. The van der Waals surface area contributed by atoms with E-state index in [1.54, 1.807) is 7.05 Å². The first kappa shape index (κ1) is 12.5. The number of carbonyl (C=O) groups is 1. The van der Waals surface area contributed by atoms with Crippen molar-refractivity contribution in [3.8, 4) is 0 Å². The largest absolute Gasteiger partial charge is 0.458 e. The topological polar surface area (TPSA) is 79.4 Å². The Labute approximate surface area is 94.3 Å². The monoisotopic (exact) mass is 227 g/mol. The van der Waals surface area contributed by atoms with Gasteiger partial charge in [0.05, 0.1) is 24.6 Å². The molecular formula is C10H17N3O3. The number of anilines is 1. The van der Waals surface area contributed by atoms with Gasteiger partial charge >= 0.3 is 5.97 Å². The summed E-state index contributed by atoms with van der Waals surface area (Å²) in [6.07, 6.45) is 1.54. The summed E-state index contributed by atoms with van der Waals surface area (Å²) in [6, 6.07) is 0. The number of hydrogen-bond donors (Lipinski definition) is 1.